The molecule has 2 aromatic carbocycles. The van der Waals surface area contributed by atoms with Crippen LogP contribution in [0.4, 0.5) is 5.82 Å². The molecule has 140 valence electrons. The molecule has 0 fully saturated rings. The largest absolute Gasteiger partial charge is 0.486 e. The van der Waals surface area contributed by atoms with Gasteiger partial charge in [-0.2, -0.15) is 0 Å². The first-order chi connectivity index (χ1) is 13.9. The van der Waals surface area contributed by atoms with Crippen LogP contribution in [0.2, 0.25) is 0 Å². The Balaban J connectivity index is 1.35. The van der Waals surface area contributed by atoms with Gasteiger partial charge >= 0.3 is 0 Å². The predicted octanol–water partition coefficient (Wildman–Crippen LogP) is 4.78. The van der Waals surface area contributed by atoms with Crippen LogP contribution in [0.3, 0.4) is 0 Å². The van der Waals surface area contributed by atoms with Gasteiger partial charge in [-0.1, -0.05) is 42.5 Å². The molecule has 0 aliphatic carbocycles. The average molecular weight is 389 g/mol. The van der Waals surface area contributed by atoms with E-state index in [1.165, 1.54) is 10.4 Å². The van der Waals surface area contributed by atoms with Crippen molar-refractivity contribution < 1.29 is 9.47 Å². The molecule has 1 aliphatic heterocycles. The molecule has 0 amide bonds. The number of thiophene rings is 1. The molecule has 0 unspecified atom stereocenters. The van der Waals surface area contributed by atoms with Crippen molar-refractivity contribution in [2.75, 3.05) is 25.1 Å². The maximum atomic E-state index is 5.80. The summed E-state index contributed by atoms with van der Waals surface area (Å²) < 4.78 is 11.5. The number of para-hydroxylation sites is 1. The van der Waals surface area contributed by atoms with Gasteiger partial charge in [-0.15, -0.1) is 11.3 Å². The van der Waals surface area contributed by atoms with Gasteiger partial charge in [0.15, 0.2) is 11.5 Å². The lowest BCUT2D eigenvalue weighted by Crippen LogP contribution is -2.17. The highest BCUT2D eigenvalue weighted by Crippen LogP contribution is 2.36. The summed E-state index contributed by atoms with van der Waals surface area (Å²) in [6.45, 7) is 1.96. The zero-order chi connectivity index (χ0) is 18.8. The standard InChI is InChI=1S/C22H19N3O2S/c1-2-5-15(6-3-1)19-13-17-21(24-14-25-22(17)28-19)23-10-9-16-7-4-8-18-20(16)27-12-11-26-18/h1-8,13-14H,9-12H2,(H,23,24,25). The van der Waals surface area contributed by atoms with Crippen molar-refractivity contribution in [3.63, 3.8) is 0 Å². The van der Waals surface area contributed by atoms with Crippen molar-refractivity contribution in [1.29, 1.82) is 0 Å². The van der Waals surface area contributed by atoms with E-state index in [0.717, 1.165) is 46.1 Å². The molecular weight excluding hydrogens is 370 g/mol. The number of nitrogens with one attached hydrogen (secondary N) is 1. The number of fused-ring (bicyclic) bond motifs is 2. The van der Waals surface area contributed by atoms with Crippen molar-refractivity contribution in [2.24, 2.45) is 0 Å². The van der Waals surface area contributed by atoms with Crippen molar-refractivity contribution in [1.82, 2.24) is 9.97 Å². The molecule has 6 heteroatoms. The summed E-state index contributed by atoms with van der Waals surface area (Å²) in [7, 11) is 0. The second-order valence-electron chi connectivity index (χ2n) is 6.54. The second kappa shape index (κ2) is 7.48. The molecule has 2 aromatic heterocycles. The van der Waals surface area contributed by atoms with Gasteiger partial charge in [-0.25, -0.2) is 9.97 Å². The summed E-state index contributed by atoms with van der Waals surface area (Å²) in [6.07, 6.45) is 2.45. The minimum atomic E-state index is 0.598. The number of hydrogen-bond acceptors (Lipinski definition) is 6. The maximum absolute atomic E-state index is 5.80. The van der Waals surface area contributed by atoms with E-state index in [1.807, 2.05) is 18.2 Å². The molecule has 0 saturated heterocycles. The topological polar surface area (TPSA) is 56.3 Å². The monoisotopic (exact) mass is 389 g/mol. The molecule has 3 heterocycles. The van der Waals surface area contributed by atoms with E-state index >= 15 is 0 Å². The number of anilines is 1. The van der Waals surface area contributed by atoms with Crippen molar-refractivity contribution >= 4 is 27.4 Å². The summed E-state index contributed by atoms with van der Waals surface area (Å²) >= 11 is 1.69. The van der Waals surface area contributed by atoms with Gasteiger partial charge in [-0.05, 0) is 29.7 Å². The predicted molar refractivity (Wildman–Crippen MR) is 112 cm³/mol. The van der Waals surface area contributed by atoms with Crippen LogP contribution in [-0.2, 0) is 6.42 Å². The first-order valence-electron chi connectivity index (χ1n) is 9.30. The van der Waals surface area contributed by atoms with Crippen LogP contribution < -0.4 is 14.8 Å². The lowest BCUT2D eigenvalue weighted by atomic mass is 10.1. The highest BCUT2D eigenvalue weighted by atomic mass is 32.1. The highest BCUT2D eigenvalue weighted by Gasteiger charge is 2.15. The Bertz CT molecular complexity index is 1110. The smallest absolute Gasteiger partial charge is 0.164 e. The molecule has 5 rings (SSSR count). The fourth-order valence-electron chi connectivity index (χ4n) is 3.39. The van der Waals surface area contributed by atoms with E-state index in [4.69, 9.17) is 9.47 Å². The third-order valence-corrected chi connectivity index (χ3v) is 5.81. The summed E-state index contributed by atoms with van der Waals surface area (Å²) in [5.74, 6) is 2.56. The molecule has 0 bridgehead atoms. The Labute approximate surface area is 167 Å². The van der Waals surface area contributed by atoms with Gasteiger partial charge in [0.2, 0.25) is 0 Å². The van der Waals surface area contributed by atoms with Gasteiger partial charge in [0, 0.05) is 11.4 Å². The summed E-state index contributed by atoms with van der Waals surface area (Å²) in [6, 6.07) is 18.6. The number of nitrogens with zero attached hydrogens (tertiary/aromatic N) is 2. The van der Waals surface area contributed by atoms with E-state index in [2.05, 4.69) is 51.7 Å². The number of aromatic nitrogens is 2. The first kappa shape index (κ1) is 17.0. The minimum absolute atomic E-state index is 0.598. The fourth-order valence-corrected chi connectivity index (χ4v) is 4.39. The van der Waals surface area contributed by atoms with Crippen LogP contribution in [0.5, 0.6) is 11.5 Å². The molecule has 28 heavy (non-hydrogen) atoms. The summed E-state index contributed by atoms with van der Waals surface area (Å²) in [5.41, 5.74) is 2.34. The van der Waals surface area contributed by atoms with Crippen molar-refractivity contribution in [3.8, 4) is 21.9 Å². The SMILES string of the molecule is c1ccc(-c2cc3c(NCCc4cccc5c4OCCO5)ncnc3s2)cc1. The van der Waals surface area contributed by atoms with Gasteiger partial charge in [0.05, 0.1) is 5.39 Å². The molecule has 0 radical (unpaired) electrons. The number of benzene rings is 2. The molecule has 4 aromatic rings. The van der Waals surface area contributed by atoms with Crippen LogP contribution in [-0.4, -0.2) is 29.7 Å². The molecule has 0 atom stereocenters. The zero-order valence-electron chi connectivity index (χ0n) is 15.2. The molecule has 1 aliphatic rings. The third-order valence-electron chi connectivity index (χ3n) is 4.72. The Morgan fingerprint density at radius 3 is 2.79 bits per heavy atom. The third kappa shape index (κ3) is 3.27. The number of ether oxygens (including phenoxy) is 2. The molecule has 0 spiro atoms. The first-order valence-corrected chi connectivity index (χ1v) is 10.1. The van der Waals surface area contributed by atoms with Crippen LogP contribution >= 0.6 is 11.3 Å². The van der Waals surface area contributed by atoms with Crippen molar-refractivity contribution in [2.45, 2.75) is 6.42 Å². The maximum Gasteiger partial charge on any atom is 0.164 e. The number of rotatable bonds is 5. The van der Waals surface area contributed by atoms with Gasteiger partial charge in [0.1, 0.15) is 30.2 Å². The second-order valence-corrected chi connectivity index (χ2v) is 7.57. The van der Waals surface area contributed by atoms with Crippen LogP contribution in [0, 0.1) is 0 Å². The number of hydrogen-bond donors (Lipinski definition) is 1. The average Bonchev–Trinajstić information content (AvgIpc) is 3.20. The molecular formula is C22H19N3O2S. The Morgan fingerprint density at radius 2 is 1.86 bits per heavy atom. The Hall–Kier alpha value is -3.12. The summed E-state index contributed by atoms with van der Waals surface area (Å²) in [4.78, 5) is 11.1. The van der Waals surface area contributed by atoms with Gasteiger partial charge in [-0.3, -0.25) is 0 Å². The minimum Gasteiger partial charge on any atom is -0.486 e. The highest BCUT2D eigenvalue weighted by molar-refractivity contribution is 7.21. The van der Waals surface area contributed by atoms with Crippen LogP contribution in [0.15, 0.2) is 60.9 Å². The quantitative estimate of drug-likeness (QED) is 0.532. The van der Waals surface area contributed by atoms with Gasteiger partial charge in [0.25, 0.3) is 0 Å². The lowest BCUT2D eigenvalue weighted by Gasteiger charge is -2.21. The lowest BCUT2D eigenvalue weighted by molar-refractivity contribution is 0.170. The van der Waals surface area contributed by atoms with E-state index in [1.54, 1.807) is 17.7 Å². The zero-order valence-corrected chi connectivity index (χ0v) is 16.0. The Morgan fingerprint density at radius 1 is 0.964 bits per heavy atom. The van der Waals surface area contributed by atoms with E-state index in [9.17, 15) is 0 Å². The van der Waals surface area contributed by atoms with Crippen LogP contribution in [0.25, 0.3) is 20.7 Å². The van der Waals surface area contributed by atoms with E-state index in [-0.39, 0.29) is 0 Å². The Kier molecular flexibility index (Phi) is 4.54. The molecule has 0 saturated carbocycles. The summed E-state index contributed by atoms with van der Waals surface area (Å²) in [5, 5.41) is 4.52. The van der Waals surface area contributed by atoms with Gasteiger partial charge < -0.3 is 14.8 Å². The van der Waals surface area contributed by atoms with Crippen molar-refractivity contribution in [3.05, 3.63) is 66.5 Å². The van der Waals surface area contributed by atoms with E-state index in [0.29, 0.717) is 13.2 Å². The molecule has 1 N–H and O–H groups in total. The van der Waals surface area contributed by atoms with E-state index < -0.39 is 0 Å². The van der Waals surface area contributed by atoms with Crippen LogP contribution in [0.1, 0.15) is 5.56 Å². The fraction of sp³-hybridized carbons (Fsp3) is 0.182. The normalized spacial score (nSPS) is 12.9. The molecule has 5 nitrogen and oxygen atoms in total.